The predicted octanol–water partition coefficient (Wildman–Crippen LogP) is 1.76. The van der Waals surface area contributed by atoms with Crippen molar-refractivity contribution in [3.8, 4) is 11.8 Å². The summed E-state index contributed by atoms with van der Waals surface area (Å²) >= 11 is 0. The summed E-state index contributed by atoms with van der Waals surface area (Å²) in [5, 5.41) is 8.78. The van der Waals surface area contributed by atoms with E-state index in [0.717, 1.165) is 18.4 Å². The van der Waals surface area contributed by atoms with Gasteiger partial charge in [-0.25, -0.2) is 12.7 Å². The first-order valence-corrected chi connectivity index (χ1v) is 8.04. The first-order chi connectivity index (χ1) is 9.43. The zero-order valence-corrected chi connectivity index (χ0v) is 13.0. The van der Waals surface area contributed by atoms with Crippen molar-refractivity contribution in [2.75, 3.05) is 20.2 Å². The van der Waals surface area contributed by atoms with Crippen molar-refractivity contribution >= 4 is 10.0 Å². The minimum atomic E-state index is -3.54. The number of aliphatic hydroxyl groups excluding tert-OH is 1. The molecule has 20 heavy (non-hydrogen) atoms. The van der Waals surface area contributed by atoms with E-state index in [0.29, 0.717) is 12.1 Å². The van der Waals surface area contributed by atoms with Crippen molar-refractivity contribution in [1.29, 1.82) is 0 Å². The average molecular weight is 295 g/mol. The second-order valence-electron chi connectivity index (χ2n) is 4.64. The Bertz CT molecular complexity index is 612. The van der Waals surface area contributed by atoms with Crippen molar-refractivity contribution in [2.45, 2.75) is 31.6 Å². The lowest BCUT2D eigenvalue weighted by Crippen LogP contribution is -2.28. The Hall–Kier alpha value is -1.35. The fraction of sp³-hybridized carbons (Fsp3) is 0.467. The van der Waals surface area contributed by atoms with Crippen molar-refractivity contribution in [1.82, 2.24) is 4.31 Å². The quantitative estimate of drug-likeness (QED) is 0.842. The zero-order valence-electron chi connectivity index (χ0n) is 12.2. The van der Waals surface area contributed by atoms with Gasteiger partial charge in [0.15, 0.2) is 0 Å². The molecular formula is C15H21NO3S. The third-order valence-electron chi connectivity index (χ3n) is 2.95. The summed E-state index contributed by atoms with van der Waals surface area (Å²) in [4.78, 5) is 0.197. The summed E-state index contributed by atoms with van der Waals surface area (Å²) in [7, 11) is -1.96. The molecule has 110 valence electrons. The van der Waals surface area contributed by atoms with Gasteiger partial charge in [0.1, 0.15) is 6.61 Å². The van der Waals surface area contributed by atoms with E-state index >= 15 is 0 Å². The SMILES string of the molecule is CCCCN(C)S(=O)(=O)c1ccc(C)cc1C#CCO. The smallest absolute Gasteiger partial charge is 0.244 e. The Morgan fingerprint density at radius 1 is 1.35 bits per heavy atom. The van der Waals surface area contributed by atoms with Gasteiger partial charge in [-0.3, -0.25) is 0 Å². The average Bonchev–Trinajstić information content (AvgIpc) is 2.42. The van der Waals surface area contributed by atoms with E-state index < -0.39 is 10.0 Å². The van der Waals surface area contributed by atoms with Crippen LogP contribution in [0.3, 0.4) is 0 Å². The second kappa shape index (κ2) is 7.44. The molecule has 0 saturated heterocycles. The molecule has 0 aliphatic carbocycles. The van der Waals surface area contributed by atoms with E-state index in [4.69, 9.17) is 5.11 Å². The van der Waals surface area contributed by atoms with Crippen LogP contribution in [0.25, 0.3) is 0 Å². The van der Waals surface area contributed by atoms with Crippen LogP contribution in [0.2, 0.25) is 0 Å². The molecule has 0 atom stereocenters. The third kappa shape index (κ3) is 4.07. The van der Waals surface area contributed by atoms with Crippen LogP contribution in [0.1, 0.15) is 30.9 Å². The summed E-state index contributed by atoms with van der Waals surface area (Å²) < 4.78 is 26.4. The van der Waals surface area contributed by atoms with E-state index in [9.17, 15) is 8.42 Å². The molecule has 4 nitrogen and oxygen atoms in total. The van der Waals surface area contributed by atoms with Gasteiger partial charge >= 0.3 is 0 Å². The molecule has 0 unspecified atom stereocenters. The van der Waals surface area contributed by atoms with E-state index in [-0.39, 0.29) is 11.5 Å². The van der Waals surface area contributed by atoms with Crippen LogP contribution in [0.4, 0.5) is 0 Å². The van der Waals surface area contributed by atoms with Gasteiger partial charge in [-0.2, -0.15) is 0 Å². The molecule has 0 amide bonds. The lowest BCUT2D eigenvalue weighted by molar-refractivity contribution is 0.350. The van der Waals surface area contributed by atoms with E-state index in [1.807, 2.05) is 13.8 Å². The standard InChI is InChI=1S/C15H21NO3S/c1-4-5-10-16(3)20(18,19)15-9-8-13(2)12-14(15)7-6-11-17/h8-9,12,17H,4-5,10-11H2,1-3H3. The Morgan fingerprint density at radius 3 is 2.65 bits per heavy atom. The molecule has 1 N–H and O–H groups in total. The number of nitrogens with zero attached hydrogens (tertiary/aromatic N) is 1. The van der Waals surface area contributed by atoms with Crippen molar-refractivity contribution in [3.05, 3.63) is 29.3 Å². The fourth-order valence-corrected chi connectivity index (χ4v) is 3.10. The minimum absolute atomic E-state index is 0.197. The van der Waals surface area contributed by atoms with Crippen molar-refractivity contribution in [2.24, 2.45) is 0 Å². The lowest BCUT2D eigenvalue weighted by Gasteiger charge is -2.18. The number of aliphatic hydroxyl groups is 1. The topological polar surface area (TPSA) is 57.6 Å². The first kappa shape index (κ1) is 16.7. The normalized spacial score (nSPS) is 11.2. The fourth-order valence-electron chi connectivity index (χ4n) is 1.77. The summed E-state index contributed by atoms with van der Waals surface area (Å²) in [6.45, 7) is 4.09. The molecule has 0 aliphatic heterocycles. The minimum Gasteiger partial charge on any atom is -0.384 e. The number of hydrogen-bond donors (Lipinski definition) is 1. The van der Waals surface area contributed by atoms with Gasteiger partial charge in [-0.15, -0.1) is 0 Å². The molecule has 1 rings (SSSR count). The Morgan fingerprint density at radius 2 is 2.05 bits per heavy atom. The summed E-state index contributed by atoms with van der Waals surface area (Å²) in [5.74, 6) is 5.22. The van der Waals surface area contributed by atoms with Gasteiger partial charge in [0.2, 0.25) is 10.0 Å². The monoisotopic (exact) mass is 295 g/mol. The lowest BCUT2D eigenvalue weighted by atomic mass is 10.1. The van der Waals surface area contributed by atoms with Gasteiger partial charge in [-0.1, -0.05) is 31.3 Å². The maximum absolute atomic E-state index is 12.5. The first-order valence-electron chi connectivity index (χ1n) is 6.60. The molecule has 0 radical (unpaired) electrons. The molecule has 0 aliphatic rings. The number of aryl methyl sites for hydroxylation is 1. The Kier molecular flexibility index (Phi) is 6.21. The van der Waals surface area contributed by atoms with Crippen LogP contribution in [-0.4, -0.2) is 38.0 Å². The number of rotatable bonds is 5. The van der Waals surface area contributed by atoms with Crippen molar-refractivity contribution < 1.29 is 13.5 Å². The van der Waals surface area contributed by atoms with Gasteiger partial charge in [-0.05, 0) is 31.0 Å². The van der Waals surface area contributed by atoms with E-state index in [1.165, 1.54) is 4.31 Å². The molecule has 5 heteroatoms. The van der Waals surface area contributed by atoms with Crippen molar-refractivity contribution in [3.63, 3.8) is 0 Å². The highest BCUT2D eigenvalue weighted by molar-refractivity contribution is 7.89. The third-order valence-corrected chi connectivity index (χ3v) is 4.87. The number of benzene rings is 1. The van der Waals surface area contributed by atoms with Crippen LogP contribution >= 0.6 is 0 Å². The predicted molar refractivity (Wildman–Crippen MR) is 79.9 cm³/mol. The van der Waals surface area contributed by atoms with Crippen LogP contribution in [0, 0.1) is 18.8 Å². The molecule has 0 bridgehead atoms. The Labute approximate surface area is 121 Å². The molecule has 0 spiro atoms. The maximum atomic E-state index is 12.5. The maximum Gasteiger partial charge on any atom is 0.244 e. The second-order valence-corrected chi connectivity index (χ2v) is 6.65. The van der Waals surface area contributed by atoms with Crippen LogP contribution in [0.15, 0.2) is 23.1 Å². The number of sulfonamides is 1. The van der Waals surface area contributed by atoms with Gasteiger partial charge < -0.3 is 5.11 Å². The van der Waals surface area contributed by atoms with Gasteiger partial charge in [0.05, 0.1) is 4.90 Å². The molecular weight excluding hydrogens is 274 g/mol. The van der Waals surface area contributed by atoms with Crippen LogP contribution in [-0.2, 0) is 10.0 Å². The van der Waals surface area contributed by atoms with E-state index in [1.54, 1.807) is 25.2 Å². The van der Waals surface area contributed by atoms with Gasteiger partial charge in [0, 0.05) is 19.2 Å². The van der Waals surface area contributed by atoms with E-state index in [2.05, 4.69) is 11.8 Å². The van der Waals surface area contributed by atoms with Crippen LogP contribution < -0.4 is 0 Å². The highest BCUT2D eigenvalue weighted by atomic mass is 32.2. The summed E-state index contributed by atoms with van der Waals surface area (Å²) in [6, 6.07) is 5.06. The Balaban J connectivity index is 3.23. The molecule has 0 aromatic heterocycles. The number of hydrogen-bond acceptors (Lipinski definition) is 3. The highest BCUT2D eigenvalue weighted by Gasteiger charge is 2.22. The molecule has 0 saturated carbocycles. The molecule has 1 aromatic rings. The molecule has 1 aromatic carbocycles. The highest BCUT2D eigenvalue weighted by Crippen LogP contribution is 2.20. The van der Waals surface area contributed by atoms with Gasteiger partial charge in [0.25, 0.3) is 0 Å². The summed E-state index contributed by atoms with van der Waals surface area (Å²) in [6.07, 6.45) is 1.75. The molecule has 0 fully saturated rings. The number of unbranched alkanes of at least 4 members (excludes halogenated alkanes) is 1. The zero-order chi connectivity index (χ0) is 15.2. The largest absolute Gasteiger partial charge is 0.384 e. The summed E-state index contributed by atoms with van der Waals surface area (Å²) in [5.41, 5.74) is 1.37. The molecule has 0 heterocycles. The van der Waals surface area contributed by atoms with Crippen LogP contribution in [0.5, 0.6) is 0 Å².